The monoisotopic (exact) mass is 211 g/mol. The van der Waals surface area contributed by atoms with E-state index in [0.717, 1.165) is 25.7 Å². The summed E-state index contributed by atoms with van der Waals surface area (Å²) in [7, 11) is 0. The van der Waals surface area contributed by atoms with Crippen LogP contribution in [0.3, 0.4) is 0 Å². The Morgan fingerprint density at radius 1 is 1.27 bits per heavy atom. The first-order valence-electron chi connectivity index (χ1n) is 5.82. The third-order valence-corrected chi connectivity index (χ3v) is 5.12. The summed E-state index contributed by atoms with van der Waals surface area (Å²) in [5.74, 6) is 1.17. The van der Waals surface area contributed by atoms with Crippen LogP contribution in [0.5, 0.6) is 0 Å². The van der Waals surface area contributed by atoms with E-state index in [2.05, 4.69) is 0 Å². The van der Waals surface area contributed by atoms with Gasteiger partial charge in [0.1, 0.15) is 0 Å². The lowest BCUT2D eigenvalue weighted by Gasteiger charge is -2.58. The van der Waals surface area contributed by atoms with Crippen LogP contribution < -0.4 is 0 Å². The van der Waals surface area contributed by atoms with Crippen molar-refractivity contribution in [2.75, 3.05) is 0 Å². The van der Waals surface area contributed by atoms with E-state index in [4.69, 9.17) is 0 Å². The van der Waals surface area contributed by atoms with Crippen molar-refractivity contribution in [3.63, 3.8) is 0 Å². The lowest BCUT2D eigenvalue weighted by Crippen LogP contribution is -2.67. The molecule has 0 aliphatic heterocycles. The Kier molecular flexibility index (Phi) is 1.62. The van der Waals surface area contributed by atoms with E-state index in [-0.39, 0.29) is 5.92 Å². The molecule has 4 rings (SSSR count). The average Bonchev–Trinajstić information content (AvgIpc) is 2.11. The molecule has 0 saturated heterocycles. The van der Waals surface area contributed by atoms with Gasteiger partial charge in [0, 0.05) is 0 Å². The lowest BCUT2D eigenvalue weighted by atomic mass is 9.46. The van der Waals surface area contributed by atoms with Crippen LogP contribution in [-0.2, 0) is 0 Å². The molecule has 0 radical (unpaired) electrons. The zero-order valence-corrected chi connectivity index (χ0v) is 8.98. The summed E-state index contributed by atoms with van der Waals surface area (Å²) < 4.78 is 0. The Morgan fingerprint density at radius 3 is 2.20 bits per heavy atom. The fourth-order valence-corrected chi connectivity index (χ4v) is 4.75. The van der Waals surface area contributed by atoms with E-state index >= 15 is 0 Å². The Hall–Kier alpha value is -0.640. The minimum Gasteiger partial charge on any atom is -0.330 e. The van der Waals surface area contributed by atoms with Crippen LogP contribution in [0, 0.1) is 33.3 Å². The first kappa shape index (κ1) is 9.58. The van der Waals surface area contributed by atoms with Crippen molar-refractivity contribution < 1.29 is 10.0 Å². The standard InChI is InChI=1S/C11H17NO3/c1-10-5-7-2-8(6-10)4-9(3-7)11(10,13)12(14)15/h7-9,13H,2-6H2,1H3. The highest BCUT2D eigenvalue weighted by atomic mass is 16.7. The summed E-state index contributed by atoms with van der Waals surface area (Å²) in [6.07, 6.45) is 4.65. The first-order valence-corrected chi connectivity index (χ1v) is 5.82. The van der Waals surface area contributed by atoms with Gasteiger partial charge in [-0.1, -0.05) is 6.92 Å². The summed E-state index contributed by atoms with van der Waals surface area (Å²) in [5, 5.41) is 21.6. The second-order valence-corrected chi connectivity index (χ2v) is 6.09. The highest BCUT2D eigenvalue weighted by molar-refractivity contribution is 5.08. The van der Waals surface area contributed by atoms with Crippen molar-refractivity contribution in [3.8, 4) is 0 Å². The molecule has 4 aliphatic carbocycles. The lowest BCUT2D eigenvalue weighted by molar-refractivity contribution is -0.672. The largest absolute Gasteiger partial charge is 0.330 e. The smallest absolute Gasteiger partial charge is 0.330 e. The van der Waals surface area contributed by atoms with E-state index in [1.165, 1.54) is 6.42 Å². The molecule has 0 heterocycles. The molecule has 4 bridgehead atoms. The van der Waals surface area contributed by atoms with Crippen molar-refractivity contribution in [1.82, 2.24) is 0 Å². The first-order chi connectivity index (χ1) is 6.96. The molecule has 1 N–H and O–H groups in total. The van der Waals surface area contributed by atoms with Gasteiger partial charge in [0.05, 0.1) is 16.3 Å². The molecule has 4 nitrogen and oxygen atoms in total. The Bertz CT molecular complexity index is 316. The number of nitrogens with zero attached hydrogens (tertiary/aromatic N) is 1. The molecule has 0 spiro atoms. The van der Waals surface area contributed by atoms with Crippen LogP contribution >= 0.6 is 0 Å². The van der Waals surface area contributed by atoms with Crippen LogP contribution in [0.15, 0.2) is 0 Å². The zero-order valence-electron chi connectivity index (χ0n) is 8.98. The average molecular weight is 211 g/mol. The molecule has 0 aromatic carbocycles. The van der Waals surface area contributed by atoms with Gasteiger partial charge in [-0.15, -0.1) is 0 Å². The number of rotatable bonds is 1. The predicted molar refractivity (Wildman–Crippen MR) is 53.6 cm³/mol. The molecule has 4 fully saturated rings. The summed E-state index contributed by atoms with van der Waals surface area (Å²) >= 11 is 0. The maximum absolute atomic E-state index is 11.2. The molecular formula is C11H17NO3. The molecule has 4 heteroatoms. The minimum absolute atomic E-state index is 0.0938. The maximum Gasteiger partial charge on any atom is 0.330 e. The minimum atomic E-state index is -1.64. The SMILES string of the molecule is CC12CC3CC(CC(C3)C1(O)[N+](=O)[O-])C2. The fourth-order valence-electron chi connectivity index (χ4n) is 4.75. The van der Waals surface area contributed by atoms with Crippen molar-refractivity contribution in [2.24, 2.45) is 23.2 Å². The second-order valence-electron chi connectivity index (χ2n) is 6.09. The molecule has 0 amide bonds. The van der Waals surface area contributed by atoms with E-state index in [1.54, 1.807) is 0 Å². The third kappa shape index (κ3) is 0.961. The van der Waals surface area contributed by atoms with Gasteiger partial charge in [-0.25, -0.2) is 0 Å². The maximum atomic E-state index is 11.2. The van der Waals surface area contributed by atoms with E-state index < -0.39 is 16.1 Å². The van der Waals surface area contributed by atoms with Crippen molar-refractivity contribution >= 4 is 0 Å². The number of aliphatic hydroxyl groups is 1. The molecule has 0 aromatic heterocycles. The van der Waals surface area contributed by atoms with Gasteiger partial charge in [-0.05, 0) is 43.9 Å². The third-order valence-electron chi connectivity index (χ3n) is 5.12. The number of nitro groups is 1. The fraction of sp³-hybridized carbons (Fsp3) is 1.00. The van der Waals surface area contributed by atoms with Gasteiger partial charge < -0.3 is 5.11 Å². The van der Waals surface area contributed by atoms with Crippen LogP contribution in [-0.4, -0.2) is 15.8 Å². The quantitative estimate of drug-likeness (QED) is 0.408. The Morgan fingerprint density at radius 2 is 1.80 bits per heavy atom. The van der Waals surface area contributed by atoms with Gasteiger partial charge in [0.15, 0.2) is 0 Å². The molecule has 0 aromatic rings. The summed E-state index contributed by atoms with van der Waals surface area (Å²) in [6.45, 7) is 1.92. The zero-order chi connectivity index (χ0) is 10.8. The predicted octanol–water partition coefficient (Wildman–Crippen LogP) is 1.80. The van der Waals surface area contributed by atoms with Crippen LogP contribution in [0.4, 0.5) is 0 Å². The van der Waals surface area contributed by atoms with Gasteiger partial charge >= 0.3 is 5.72 Å². The van der Waals surface area contributed by atoms with Crippen molar-refractivity contribution in [1.29, 1.82) is 0 Å². The van der Waals surface area contributed by atoms with Gasteiger partial charge in [0.2, 0.25) is 0 Å². The van der Waals surface area contributed by atoms with Crippen LogP contribution in [0.1, 0.15) is 39.0 Å². The van der Waals surface area contributed by atoms with Crippen molar-refractivity contribution in [2.45, 2.75) is 44.8 Å². The molecule has 4 aliphatic rings. The Balaban J connectivity index is 2.07. The number of hydrogen-bond donors (Lipinski definition) is 1. The molecule has 15 heavy (non-hydrogen) atoms. The van der Waals surface area contributed by atoms with E-state index in [9.17, 15) is 15.2 Å². The van der Waals surface area contributed by atoms with Gasteiger partial charge in [-0.3, -0.25) is 10.1 Å². The molecule has 4 saturated carbocycles. The Labute approximate surface area is 88.8 Å². The van der Waals surface area contributed by atoms with Gasteiger partial charge in [-0.2, -0.15) is 0 Å². The van der Waals surface area contributed by atoms with Crippen LogP contribution in [0.25, 0.3) is 0 Å². The molecule has 3 atom stereocenters. The van der Waals surface area contributed by atoms with Crippen molar-refractivity contribution in [3.05, 3.63) is 10.1 Å². The van der Waals surface area contributed by atoms with Gasteiger partial charge in [0.25, 0.3) is 0 Å². The topological polar surface area (TPSA) is 63.4 Å². The second kappa shape index (κ2) is 2.54. The summed E-state index contributed by atoms with van der Waals surface area (Å²) in [4.78, 5) is 10.8. The highest BCUT2D eigenvalue weighted by Crippen LogP contribution is 2.64. The normalized spacial score (nSPS) is 57.1. The molecule has 3 unspecified atom stereocenters. The van der Waals surface area contributed by atoms with E-state index in [0.29, 0.717) is 11.8 Å². The number of hydrogen-bond acceptors (Lipinski definition) is 3. The van der Waals surface area contributed by atoms with E-state index in [1.807, 2.05) is 6.92 Å². The molecular weight excluding hydrogens is 194 g/mol. The highest BCUT2D eigenvalue weighted by Gasteiger charge is 2.70. The van der Waals surface area contributed by atoms with Crippen LogP contribution in [0.2, 0.25) is 0 Å². The molecule has 84 valence electrons. The summed E-state index contributed by atoms with van der Waals surface area (Å²) in [5.41, 5.74) is -2.11. The summed E-state index contributed by atoms with van der Waals surface area (Å²) in [6, 6.07) is 0.